The molecule has 0 spiro atoms. The highest BCUT2D eigenvalue weighted by molar-refractivity contribution is 7.18. The topological polar surface area (TPSA) is 46.8 Å². The van der Waals surface area contributed by atoms with Crippen LogP contribution in [-0.4, -0.2) is 12.1 Å². The first-order valence-electron chi connectivity index (χ1n) is 6.21. The van der Waals surface area contributed by atoms with Gasteiger partial charge in [0.15, 0.2) is 0 Å². The van der Waals surface area contributed by atoms with Crippen LogP contribution in [0.3, 0.4) is 0 Å². The summed E-state index contributed by atoms with van der Waals surface area (Å²) < 4.78 is 6.33. The Bertz CT molecular complexity index is 718. The van der Waals surface area contributed by atoms with Crippen LogP contribution in [0.5, 0.6) is 5.75 Å². The van der Waals surface area contributed by atoms with Crippen molar-refractivity contribution in [3.63, 3.8) is 0 Å². The lowest BCUT2D eigenvalue weighted by atomic mass is 10.3. The number of nitrogens with zero attached hydrogens (tertiary/aromatic N) is 3. The summed E-state index contributed by atoms with van der Waals surface area (Å²) in [6.45, 7) is 0.497. The summed E-state index contributed by atoms with van der Waals surface area (Å²) in [4.78, 5) is 4.52. The maximum Gasteiger partial charge on any atom is 0.121 e. The van der Waals surface area contributed by atoms with E-state index >= 15 is 0 Å². The number of aromatic nitrogens is 1. The van der Waals surface area contributed by atoms with E-state index in [0.29, 0.717) is 6.54 Å². The molecule has 0 N–H and O–H groups in total. The number of thiazole rings is 1. The Balaban J connectivity index is 1.73. The van der Waals surface area contributed by atoms with Gasteiger partial charge in [-0.05, 0) is 24.3 Å². The third-order valence-corrected chi connectivity index (χ3v) is 3.80. The molecule has 0 aliphatic heterocycles. The molecule has 3 aromatic rings. The second kappa shape index (κ2) is 5.79. The Morgan fingerprint density at radius 3 is 2.90 bits per heavy atom. The fourth-order valence-corrected chi connectivity index (χ4v) is 2.72. The predicted molar refractivity (Wildman–Crippen MR) is 80.8 cm³/mol. The number of methoxy groups -OCH3 is 1. The summed E-state index contributed by atoms with van der Waals surface area (Å²) in [6.07, 6.45) is 0. The summed E-state index contributed by atoms with van der Waals surface area (Å²) in [5.74, 6) is 0.779. The third kappa shape index (κ3) is 2.83. The van der Waals surface area contributed by atoms with Crippen molar-refractivity contribution in [2.24, 2.45) is 10.2 Å². The minimum Gasteiger partial charge on any atom is -0.497 e. The van der Waals surface area contributed by atoms with Gasteiger partial charge in [0, 0.05) is 6.07 Å². The molecule has 1 aromatic heterocycles. The van der Waals surface area contributed by atoms with Gasteiger partial charge in [-0.2, -0.15) is 10.2 Å². The lowest BCUT2D eigenvalue weighted by molar-refractivity contribution is 0.415. The van der Waals surface area contributed by atoms with Gasteiger partial charge in [-0.25, -0.2) is 4.98 Å². The molecule has 2 aromatic carbocycles. The number of rotatable bonds is 4. The quantitative estimate of drug-likeness (QED) is 0.657. The Morgan fingerprint density at radius 1 is 1.15 bits per heavy atom. The Labute approximate surface area is 120 Å². The third-order valence-electron chi connectivity index (χ3n) is 2.78. The van der Waals surface area contributed by atoms with Crippen molar-refractivity contribution < 1.29 is 4.74 Å². The number of benzene rings is 2. The summed E-state index contributed by atoms with van der Waals surface area (Å²) in [5, 5.41) is 9.36. The Morgan fingerprint density at radius 2 is 2.05 bits per heavy atom. The lowest BCUT2D eigenvalue weighted by Gasteiger charge is -1.98. The average Bonchev–Trinajstić information content (AvgIpc) is 2.90. The van der Waals surface area contributed by atoms with Crippen LogP contribution in [0.1, 0.15) is 5.01 Å². The standard InChI is InChI=1S/C15H13N3OS/c1-19-12-6-4-5-11(9-12)18-16-10-15-17-13-7-2-3-8-14(13)20-15/h2-9H,10H2,1H3. The molecule has 1 heterocycles. The average molecular weight is 283 g/mol. The second-order valence-electron chi connectivity index (χ2n) is 4.18. The lowest BCUT2D eigenvalue weighted by Crippen LogP contribution is -1.80. The summed E-state index contributed by atoms with van der Waals surface area (Å²) in [5.41, 5.74) is 1.80. The van der Waals surface area contributed by atoms with Crippen LogP contribution in [0.25, 0.3) is 10.2 Å². The first kappa shape index (κ1) is 12.7. The predicted octanol–water partition coefficient (Wildman–Crippen LogP) is 4.59. The molecule has 3 rings (SSSR count). The SMILES string of the molecule is COc1cccc(N=NCc2nc3ccccc3s2)c1. The van der Waals surface area contributed by atoms with Crippen molar-refractivity contribution in [2.45, 2.75) is 6.54 Å². The molecule has 0 fully saturated rings. The van der Waals surface area contributed by atoms with Crippen molar-refractivity contribution in [2.75, 3.05) is 7.11 Å². The number of azo groups is 1. The van der Waals surface area contributed by atoms with Crippen molar-refractivity contribution in [1.29, 1.82) is 0 Å². The van der Waals surface area contributed by atoms with Crippen molar-refractivity contribution in [3.05, 3.63) is 53.5 Å². The van der Waals surface area contributed by atoms with Crippen molar-refractivity contribution in [1.82, 2.24) is 4.98 Å². The van der Waals surface area contributed by atoms with Gasteiger partial charge in [-0.3, -0.25) is 0 Å². The van der Waals surface area contributed by atoms with Crippen LogP contribution < -0.4 is 4.74 Å². The zero-order valence-electron chi connectivity index (χ0n) is 11.0. The molecule has 0 saturated carbocycles. The summed E-state index contributed by atoms with van der Waals surface area (Å²) >= 11 is 1.65. The van der Waals surface area contributed by atoms with E-state index < -0.39 is 0 Å². The van der Waals surface area contributed by atoms with Crippen LogP contribution in [-0.2, 0) is 6.54 Å². The summed E-state index contributed by atoms with van der Waals surface area (Å²) in [6, 6.07) is 15.6. The molecule has 4 nitrogen and oxygen atoms in total. The van der Waals surface area contributed by atoms with Crippen LogP contribution in [0.4, 0.5) is 5.69 Å². The van der Waals surface area contributed by atoms with Gasteiger partial charge in [0.25, 0.3) is 0 Å². The smallest absolute Gasteiger partial charge is 0.121 e. The first-order chi connectivity index (χ1) is 9.85. The second-order valence-corrected chi connectivity index (χ2v) is 5.29. The largest absolute Gasteiger partial charge is 0.497 e. The number of fused-ring (bicyclic) bond motifs is 1. The summed E-state index contributed by atoms with van der Waals surface area (Å²) in [7, 11) is 1.64. The molecule has 0 radical (unpaired) electrons. The Kier molecular flexibility index (Phi) is 3.69. The van der Waals surface area contributed by atoms with Crippen molar-refractivity contribution >= 4 is 27.2 Å². The molecule has 0 amide bonds. The molecule has 0 bridgehead atoms. The van der Waals surface area contributed by atoms with Gasteiger partial charge >= 0.3 is 0 Å². The van der Waals surface area contributed by atoms with Gasteiger partial charge in [-0.15, -0.1) is 11.3 Å². The van der Waals surface area contributed by atoms with E-state index in [1.54, 1.807) is 18.4 Å². The van der Waals surface area contributed by atoms with E-state index in [2.05, 4.69) is 21.3 Å². The molecule has 5 heteroatoms. The van der Waals surface area contributed by atoms with Crippen molar-refractivity contribution in [3.8, 4) is 5.75 Å². The number of para-hydroxylation sites is 1. The number of hydrogen-bond donors (Lipinski definition) is 0. The van der Waals surface area contributed by atoms with E-state index in [1.165, 1.54) is 4.70 Å². The van der Waals surface area contributed by atoms with E-state index in [-0.39, 0.29) is 0 Å². The molecule has 20 heavy (non-hydrogen) atoms. The maximum atomic E-state index is 5.15. The number of hydrogen-bond acceptors (Lipinski definition) is 5. The van der Waals surface area contributed by atoms with Gasteiger partial charge < -0.3 is 4.74 Å². The highest BCUT2D eigenvalue weighted by atomic mass is 32.1. The molecule has 0 atom stereocenters. The van der Waals surface area contributed by atoms with Gasteiger partial charge in [0.05, 0.1) is 23.0 Å². The zero-order valence-corrected chi connectivity index (χ0v) is 11.8. The number of ether oxygens (including phenoxy) is 1. The molecule has 100 valence electrons. The normalized spacial score (nSPS) is 11.2. The fraction of sp³-hybridized carbons (Fsp3) is 0.133. The monoisotopic (exact) mass is 283 g/mol. The highest BCUT2D eigenvalue weighted by Gasteiger charge is 2.01. The Hall–Kier alpha value is -2.27. The van der Waals surface area contributed by atoms with Crippen LogP contribution in [0.2, 0.25) is 0 Å². The zero-order chi connectivity index (χ0) is 13.8. The molecule has 0 unspecified atom stereocenters. The molecule has 0 aliphatic carbocycles. The molecular weight excluding hydrogens is 270 g/mol. The molecule has 0 saturated heterocycles. The van der Waals surface area contributed by atoms with E-state index in [9.17, 15) is 0 Å². The van der Waals surface area contributed by atoms with Crippen LogP contribution >= 0.6 is 11.3 Å². The van der Waals surface area contributed by atoms with Crippen LogP contribution in [0.15, 0.2) is 58.8 Å². The van der Waals surface area contributed by atoms with E-state index in [0.717, 1.165) is 22.0 Å². The highest BCUT2D eigenvalue weighted by Crippen LogP contribution is 2.23. The first-order valence-corrected chi connectivity index (χ1v) is 7.03. The van der Waals surface area contributed by atoms with Gasteiger partial charge in [-0.1, -0.05) is 18.2 Å². The van der Waals surface area contributed by atoms with Gasteiger partial charge in [0.1, 0.15) is 17.3 Å². The fourth-order valence-electron chi connectivity index (χ4n) is 1.84. The minimum atomic E-state index is 0.497. The van der Waals surface area contributed by atoms with E-state index in [1.807, 2.05) is 42.5 Å². The van der Waals surface area contributed by atoms with Crippen LogP contribution in [0, 0.1) is 0 Å². The van der Waals surface area contributed by atoms with E-state index in [4.69, 9.17) is 4.74 Å². The molecular formula is C15H13N3OS. The maximum absolute atomic E-state index is 5.15. The minimum absolute atomic E-state index is 0.497. The van der Waals surface area contributed by atoms with Gasteiger partial charge in [0.2, 0.25) is 0 Å². The molecule has 0 aliphatic rings.